The van der Waals surface area contributed by atoms with Gasteiger partial charge >= 0.3 is 0 Å². The summed E-state index contributed by atoms with van der Waals surface area (Å²) in [5.41, 5.74) is 2.52. The van der Waals surface area contributed by atoms with Gasteiger partial charge in [-0.3, -0.25) is 10.1 Å². The van der Waals surface area contributed by atoms with E-state index in [1.807, 2.05) is 18.2 Å². The van der Waals surface area contributed by atoms with Crippen LogP contribution in [0.5, 0.6) is 0 Å². The molecule has 2 aromatic rings. The molecule has 1 heterocycles. The molecule has 0 saturated carbocycles. The molecular formula is C18H14Cl2N2O2. The molecule has 0 unspecified atom stereocenters. The quantitative estimate of drug-likeness (QED) is 0.422. The first-order chi connectivity index (χ1) is 11.6. The van der Waals surface area contributed by atoms with Crippen LogP contribution in [0.25, 0.3) is 0 Å². The van der Waals surface area contributed by atoms with E-state index >= 15 is 0 Å². The molecule has 0 saturated heterocycles. The van der Waals surface area contributed by atoms with E-state index in [0.29, 0.717) is 15.7 Å². The second-order valence-electron chi connectivity index (χ2n) is 6.12. The second kappa shape index (κ2) is 5.80. The van der Waals surface area contributed by atoms with Crippen molar-refractivity contribution in [3.8, 4) is 0 Å². The molecule has 24 heavy (non-hydrogen) atoms. The Balaban J connectivity index is 1.88. The van der Waals surface area contributed by atoms with Crippen LogP contribution in [0.3, 0.4) is 0 Å². The van der Waals surface area contributed by atoms with Crippen molar-refractivity contribution in [3.63, 3.8) is 0 Å². The normalized spacial score (nSPS) is 24.2. The minimum Gasteiger partial charge on any atom is -0.372 e. The fraction of sp³-hybridized carbons (Fsp3) is 0.222. The van der Waals surface area contributed by atoms with E-state index in [9.17, 15) is 10.1 Å². The van der Waals surface area contributed by atoms with Crippen molar-refractivity contribution >= 4 is 34.6 Å². The van der Waals surface area contributed by atoms with Gasteiger partial charge in [0, 0.05) is 12.0 Å². The lowest BCUT2D eigenvalue weighted by Crippen LogP contribution is -2.29. The molecule has 2 aliphatic rings. The van der Waals surface area contributed by atoms with Crippen molar-refractivity contribution in [1.29, 1.82) is 0 Å². The van der Waals surface area contributed by atoms with Crippen molar-refractivity contribution in [2.45, 2.75) is 18.4 Å². The molecule has 1 N–H and O–H groups in total. The zero-order valence-electron chi connectivity index (χ0n) is 12.6. The number of para-hydroxylation sites is 1. The molecule has 0 radical (unpaired) electrons. The fourth-order valence-corrected chi connectivity index (χ4v) is 4.25. The average Bonchev–Trinajstić information content (AvgIpc) is 3.06. The Labute approximate surface area is 149 Å². The van der Waals surface area contributed by atoms with Crippen LogP contribution in [0.1, 0.15) is 29.5 Å². The van der Waals surface area contributed by atoms with E-state index in [0.717, 1.165) is 17.5 Å². The monoisotopic (exact) mass is 360 g/mol. The summed E-state index contributed by atoms with van der Waals surface area (Å²) in [6.45, 7) is 0. The van der Waals surface area contributed by atoms with Crippen LogP contribution < -0.4 is 5.32 Å². The molecule has 2 aromatic carbocycles. The third-order valence-corrected chi connectivity index (χ3v) is 5.72. The molecule has 0 amide bonds. The molecule has 0 bridgehead atoms. The Hall–Kier alpha value is -2.04. The van der Waals surface area contributed by atoms with Crippen LogP contribution >= 0.6 is 23.2 Å². The maximum Gasteiger partial charge on any atom is 0.292 e. The molecule has 0 aromatic heterocycles. The topological polar surface area (TPSA) is 55.2 Å². The molecule has 0 fully saturated rings. The number of hydrogen-bond acceptors (Lipinski definition) is 3. The van der Waals surface area contributed by atoms with Crippen LogP contribution in [0.4, 0.5) is 11.4 Å². The number of nitrogens with one attached hydrogen (secondary N) is 1. The van der Waals surface area contributed by atoms with Gasteiger partial charge in [0.2, 0.25) is 0 Å². The van der Waals surface area contributed by atoms with Gasteiger partial charge in [0.05, 0.1) is 21.0 Å². The number of fused-ring (bicyclic) bond motifs is 3. The number of allylic oxidation sites excluding steroid dienone is 2. The summed E-state index contributed by atoms with van der Waals surface area (Å²) in [7, 11) is 0. The first kappa shape index (κ1) is 15.5. The number of nitrogens with zero attached hydrogens (tertiary/aromatic N) is 1. The molecular weight excluding hydrogens is 347 g/mol. The van der Waals surface area contributed by atoms with Gasteiger partial charge in [0.1, 0.15) is 5.69 Å². The number of nitro groups is 1. The molecule has 3 atom stereocenters. The van der Waals surface area contributed by atoms with E-state index in [2.05, 4.69) is 17.5 Å². The van der Waals surface area contributed by atoms with Gasteiger partial charge in [0.15, 0.2) is 0 Å². The number of anilines is 1. The van der Waals surface area contributed by atoms with Gasteiger partial charge < -0.3 is 5.32 Å². The van der Waals surface area contributed by atoms with E-state index in [1.54, 1.807) is 12.1 Å². The molecule has 4 rings (SSSR count). The predicted octanol–water partition coefficient (Wildman–Crippen LogP) is 5.73. The lowest BCUT2D eigenvalue weighted by Gasteiger charge is -2.37. The summed E-state index contributed by atoms with van der Waals surface area (Å²) < 4.78 is 0. The maximum absolute atomic E-state index is 11.4. The number of nitro benzene ring substituents is 1. The number of hydrogen-bond donors (Lipinski definition) is 1. The maximum atomic E-state index is 11.4. The fourth-order valence-electron chi connectivity index (χ4n) is 3.83. The third-order valence-electron chi connectivity index (χ3n) is 4.89. The standard InChI is InChI=1S/C18H14Cl2N2O2/c19-14-8-2-7-13(16(14)20)17-11-5-1-4-10(11)12-6-3-9-15(22(23)24)18(12)21-17/h1-4,6-11,17,21H,5H2/t10-,11-,17+/m1/s1. The smallest absolute Gasteiger partial charge is 0.292 e. The molecule has 1 aliphatic carbocycles. The molecule has 122 valence electrons. The summed E-state index contributed by atoms with van der Waals surface area (Å²) in [4.78, 5) is 11.1. The molecule has 0 spiro atoms. The summed E-state index contributed by atoms with van der Waals surface area (Å²) in [6, 6.07) is 10.6. The number of halogens is 2. The van der Waals surface area contributed by atoms with Crippen molar-refractivity contribution in [1.82, 2.24) is 0 Å². The van der Waals surface area contributed by atoms with Crippen LogP contribution in [-0.4, -0.2) is 4.92 Å². The predicted molar refractivity (Wildman–Crippen MR) is 95.9 cm³/mol. The van der Waals surface area contributed by atoms with Crippen LogP contribution in [0, 0.1) is 16.0 Å². The third kappa shape index (κ3) is 2.29. The molecule has 4 nitrogen and oxygen atoms in total. The van der Waals surface area contributed by atoms with Gasteiger partial charge in [-0.15, -0.1) is 0 Å². The molecule has 1 aliphatic heterocycles. The Kier molecular flexibility index (Phi) is 3.74. The minimum atomic E-state index is -0.346. The SMILES string of the molecule is O=[N+]([O-])c1cccc2c1N[C@H](c1cccc(Cl)c1Cl)[C@@H]1CC=C[C@@H]21. The summed E-state index contributed by atoms with van der Waals surface area (Å²) in [5.74, 6) is 0.400. The first-order valence-electron chi connectivity index (χ1n) is 7.72. The zero-order valence-corrected chi connectivity index (χ0v) is 14.1. The number of benzene rings is 2. The van der Waals surface area contributed by atoms with Gasteiger partial charge in [-0.1, -0.05) is 59.6 Å². The summed E-state index contributed by atoms with van der Waals surface area (Å²) in [5, 5.41) is 15.8. The highest BCUT2D eigenvalue weighted by Gasteiger charge is 2.41. The van der Waals surface area contributed by atoms with Gasteiger partial charge in [-0.2, -0.15) is 0 Å². The van der Waals surface area contributed by atoms with Crippen molar-refractivity contribution < 1.29 is 4.92 Å². The van der Waals surface area contributed by atoms with Crippen LogP contribution in [0.15, 0.2) is 48.6 Å². The highest BCUT2D eigenvalue weighted by atomic mass is 35.5. The highest BCUT2D eigenvalue weighted by molar-refractivity contribution is 6.42. The van der Waals surface area contributed by atoms with E-state index < -0.39 is 0 Å². The van der Waals surface area contributed by atoms with Gasteiger partial charge in [-0.25, -0.2) is 0 Å². The van der Waals surface area contributed by atoms with Crippen molar-refractivity contribution in [3.05, 3.63) is 79.8 Å². The Morgan fingerprint density at radius 2 is 1.88 bits per heavy atom. The van der Waals surface area contributed by atoms with Crippen LogP contribution in [0.2, 0.25) is 10.0 Å². The Morgan fingerprint density at radius 1 is 1.12 bits per heavy atom. The summed E-state index contributed by atoms with van der Waals surface area (Å²) >= 11 is 12.6. The van der Waals surface area contributed by atoms with E-state index in [1.165, 1.54) is 6.07 Å². The van der Waals surface area contributed by atoms with E-state index in [-0.39, 0.29) is 28.5 Å². The van der Waals surface area contributed by atoms with E-state index in [4.69, 9.17) is 23.2 Å². The Morgan fingerprint density at radius 3 is 2.67 bits per heavy atom. The lowest BCUT2D eigenvalue weighted by atomic mass is 9.77. The Bertz CT molecular complexity index is 866. The lowest BCUT2D eigenvalue weighted by molar-refractivity contribution is -0.384. The molecule has 6 heteroatoms. The first-order valence-corrected chi connectivity index (χ1v) is 8.48. The number of rotatable bonds is 2. The zero-order chi connectivity index (χ0) is 16.8. The average molecular weight is 361 g/mol. The van der Waals surface area contributed by atoms with Crippen molar-refractivity contribution in [2.75, 3.05) is 5.32 Å². The minimum absolute atomic E-state index is 0.0920. The summed E-state index contributed by atoms with van der Waals surface area (Å²) in [6.07, 6.45) is 5.17. The van der Waals surface area contributed by atoms with Crippen molar-refractivity contribution in [2.24, 2.45) is 5.92 Å². The van der Waals surface area contributed by atoms with Gasteiger partial charge in [0.25, 0.3) is 5.69 Å². The largest absolute Gasteiger partial charge is 0.372 e. The highest BCUT2D eigenvalue weighted by Crippen LogP contribution is 2.53. The second-order valence-corrected chi connectivity index (χ2v) is 6.90. The van der Waals surface area contributed by atoms with Crippen LogP contribution in [-0.2, 0) is 0 Å². The van der Waals surface area contributed by atoms with Gasteiger partial charge in [-0.05, 0) is 29.5 Å².